The molecule has 0 N–H and O–H groups in total. The molecule has 0 aliphatic carbocycles. The van der Waals surface area contributed by atoms with Gasteiger partial charge in [-0.2, -0.15) is 0 Å². The zero-order chi connectivity index (χ0) is 7.68. The van der Waals surface area contributed by atoms with E-state index in [0.717, 1.165) is 36.6 Å². The summed E-state index contributed by atoms with van der Waals surface area (Å²) in [5, 5.41) is 0. The number of ether oxygens (including phenoxy) is 1. The highest BCUT2D eigenvalue weighted by Gasteiger charge is 2.10. The van der Waals surface area contributed by atoms with Crippen LogP contribution in [0.3, 0.4) is 0 Å². The maximum Gasteiger partial charge on any atom is 0.140 e. The van der Waals surface area contributed by atoms with Gasteiger partial charge in [0.25, 0.3) is 0 Å². The van der Waals surface area contributed by atoms with Gasteiger partial charge in [0, 0.05) is 5.69 Å². The van der Waals surface area contributed by atoms with Crippen LogP contribution >= 0.6 is 0 Å². The molecule has 0 saturated heterocycles. The molecule has 0 bridgehead atoms. The molecule has 0 unspecified atom stereocenters. The van der Waals surface area contributed by atoms with Crippen LogP contribution in [0.5, 0.6) is 5.75 Å². The minimum Gasteiger partial charge on any atom is -0.492 e. The summed E-state index contributed by atoms with van der Waals surface area (Å²) in [5.41, 5.74) is 2.20. The quantitative estimate of drug-likeness (QED) is 0.560. The Morgan fingerprint density at radius 1 is 1.45 bits per heavy atom. The summed E-state index contributed by atoms with van der Waals surface area (Å²) < 4.78 is 5.42. The third kappa shape index (κ3) is 1.20. The van der Waals surface area contributed by atoms with Crippen molar-refractivity contribution in [3.05, 3.63) is 23.5 Å². The van der Waals surface area contributed by atoms with Gasteiger partial charge in [-0.25, -0.2) is 0 Å². The summed E-state index contributed by atoms with van der Waals surface area (Å²) in [6, 6.07) is 4.00. The summed E-state index contributed by atoms with van der Waals surface area (Å²) in [5.74, 6) is 0.974. The summed E-state index contributed by atoms with van der Waals surface area (Å²) in [6.45, 7) is 2.85. The van der Waals surface area contributed by atoms with Gasteiger partial charge in [-0.05, 0) is 31.9 Å². The highest BCUT2D eigenvalue weighted by Crippen LogP contribution is 2.22. The maximum absolute atomic E-state index is 5.42. The molecule has 1 aromatic heterocycles. The molecule has 0 saturated carbocycles. The van der Waals surface area contributed by atoms with Crippen molar-refractivity contribution in [1.82, 2.24) is 4.98 Å². The Bertz CT molecular complexity index is 270. The second kappa shape index (κ2) is 2.53. The fourth-order valence-corrected chi connectivity index (χ4v) is 1.33. The Labute approximate surface area is 66.2 Å². The Morgan fingerprint density at radius 2 is 2.36 bits per heavy atom. The molecule has 2 nitrogen and oxygen atoms in total. The molecule has 1 aliphatic heterocycles. The average Bonchev–Trinajstić information content (AvgIpc) is 2.04. The Hall–Kier alpha value is -1.05. The number of aryl methyl sites for hydroxylation is 2. The lowest BCUT2D eigenvalue weighted by Gasteiger charge is -2.15. The van der Waals surface area contributed by atoms with Crippen LogP contribution in [0.4, 0.5) is 0 Å². The lowest BCUT2D eigenvalue weighted by molar-refractivity contribution is 0.284. The lowest BCUT2D eigenvalue weighted by Crippen LogP contribution is -2.10. The Balaban J connectivity index is 2.43. The zero-order valence-electron chi connectivity index (χ0n) is 6.63. The number of fused-ring (bicyclic) bond motifs is 1. The van der Waals surface area contributed by atoms with Crippen molar-refractivity contribution in [2.24, 2.45) is 0 Å². The van der Waals surface area contributed by atoms with E-state index in [0.29, 0.717) is 0 Å². The van der Waals surface area contributed by atoms with E-state index in [1.807, 2.05) is 19.1 Å². The van der Waals surface area contributed by atoms with Crippen molar-refractivity contribution in [3.8, 4) is 5.75 Å². The highest BCUT2D eigenvalue weighted by molar-refractivity contribution is 5.30. The first-order chi connectivity index (χ1) is 5.36. The SMILES string of the molecule is Cc1ccc2c(n1)CCCO2. The molecular formula is C9H11NO. The lowest BCUT2D eigenvalue weighted by atomic mass is 10.1. The van der Waals surface area contributed by atoms with Crippen molar-refractivity contribution in [3.63, 3.8) is 0 Å². The summed E-state index contributed by atoms with van der Waals surface area (Å²) >= 11 is 0. The van der Waals surface area contributed by atoms with Gasteiger partial charge in [0.1, 0.15) is 5.75 Å². The largest absolute Gasteiger partial charge is 0.492 e. The smallest absolute Gasteiger partial charge is 0.140 e. The van der Waals surface area contributed by atoms with Crippen LogP contribution in [0, 0.1) is 6.92 Å². The van der Waals surface area contributed by atoms with Gasteiger partial charge in [0.05, 0.1) is 12.3 Å². The molecule has 0 fully saturated rings. The average molecular weight is 149 g/mol. The number of hydrogen-bond acceptors (Lipinski definition) is 2. The van der Waals surface area contributed by atoms with Gasteiger partial charge < -0.3 is 4.74 Å². The minimum atomic E-state index is 0.845. The molecule has 2 rings (SSSR count). The first kappa shape index (κ1) is 6.65. The van der Waals surface area contributed by atoms with Crippen molar-refractivity contribution in [2.75, 3.05) is 6.61 Å². The predicted molar refractivity (Wildman–Crippen MR) is 42.8 cm³/mol. The second-order valence-corrected chi connectivity index (χ2v) is 2.85. The number of nitrogens with zero attached hydrogens (tertiary/aromatic N) is 1. The standard InChI is InChI=1S/C9H11NO/c1-7-4-5-9-8(10-7)3-2-6-11-9/h4-5H,2-3,6H2,1H3. The molecule has 2 heterocycles. The van der Waals surface area contributed by atoms with Gasteiger partial charge in [-0.3, -0.25) is 4.98 Å². The third-order valence-electron chi connectivity index (χ3n) is 1.89. The normalized spacial score (nSPS) is 15.4. The van der Waals surface area contributed by atoms with Gasteiger partial charge in [-0.1, -0.05) is 0 Å². The molecule has 1 aliphatic rings. The van der Waals surface area contributed by atoms with E-state index in [9.17, 15) is 0 Å². The van der Waals surface area contributed by atoms with Gasteiger partial charge in [0.15, 0.2) is 0 Å². The van der Waals surface area contributed by atoms with E-state index in [1.54, 1.807) is 0 Å². The first-order valence-corrected chi connectivity index (χ1v) is 3.95. The maximum atomic E-state index is 5.42. The monoisotopic (exact) mass is 149 g/mol. The number of hydrogen-bond donors (Lipinski definition) is 0. The van der Waals surface area contributed by atoms with Crippen LogP contribution in [0.2, 0.25) is 0 Å². The van der Waals surface area contributed by atoms with Gasteiger partial charge in [-0.15, -0.1) is 0 Å². The van der Waals surface area contributed by atoms with Crippen LogP contribution < -0.4 is 4.74 Å². The highest BCUT2D eigenvalue weighted by atomic mass is 16.5. The van der Waals surface area contributed by atoms with E-state index in [1.165, 1.54) is 0 Å². The molecule has 2 heteroatoms. The van der Waals surface area contributed by atoms with E-state index >= 15 is 0 Å². The zero-order valence-corrected chi connectivity index (χ0v) is 6.63. The van der Waals surface area contributed by atoms with Crippen molar-refractivity contribution >= 4 is 0 Å². The molecule has 0 atom stereocenters. The van der Waals surface area contributed by atoms with Crippen LogP contribution in [-0.4, -0.2) is 11.6 Å². The van der Waals surface area contributed by atoms with Crippen molar-refractivity contribution in [1.29, 1.82) is 0 Å². The van der Waals surface area contributed by atoms with Crippen LogP contribution in [-0.2, 0) is 6.42 Å². The second-order valence-electron chi connectivity index (χ2n) is 2.85. The summed E-state index contributed by atoms with van der Waals surface area (Å²) in [7, 11) is 0. The number of aromatic nitrogens is 1. The fraction of sp³-hybridized carbons (Fsp3) is 0.444. The van der Waals surface area contributed by atoms with E-state index in [-0.39, 0.29) is 0 Å². The van der Waals surface area contributed by atoms with Crippen molar-refractivity contribution in [2.45, 2.75) is 19.8 Å². The molecular weight excluding hydrogens is 138 g/mol. The molecule has 0 spiro atoms. The minimum absolute atomic E-state index is 0.845. The third-order valence-corrected chi connectivity index (χ3v) is 1.89. The molecule has 11 heavy (non-hydrogen) atoms. The summed E-state index contributed by atoms with van der Waals surface area (Å²) in [4.78, 5) is 4.39. The Morgan fingerprint density at radius 3 is 3.27 bits per heavy atom. The molecule has 58 valence electrons. The predicted octanol–water partition coefficient (Wildman–Crippen LogP) is 1.72. The van der Waals surface area contributed by atoms with Crippen LogP contribution in [0.1, 0.15) is 17.8 Å². The summed E-state index contributed by atoms with van der Waals surface area (Å²) in [6.07, 6.45) is 2.17. The van der Waals surface area contributed by atoms with Gasteiger partial charge in [0.2, 0.25) is 0 Å². The van der Waals surface area contributed by atoms with Gasteiger partial charge >= 0.3 is 0 Å². The van der Waals surface area contributed by atoms with E-state index in [4.69, 9.17) is 4.74 Å². The molecule has 0 aromatic carbocycles. The topological polar surface area (TPSA) is 22.1 Å². The Kier molecular flexibility index (Phi) is 1.53. The van der Waals surface area contributed by atoms with Crippen LogP contribution in [0.25, 0.3) is 0 Å². The van der Waals surface area contributed by atoms with E-state index in [2.05, 4.69) is 4.98 Å². The first-order valence-electron chi connectivity index (χ1n) is 3.95. The van der Waals surface area contributed by atoms with E-state index < -0.39 is 0 Å². The van der Waals surface area contributed by atoms with Crippen molar-refractivity contribution < 1.29 is 4.74 Å². The number of rotatable bonds is 0. The fourth-order valence-electron chi connectivity index (χ4n) is 1.33. The van der Waals surface area contributed by atoms with Crippen LogP contribution in [0.15, 0.2) is 12.1 Å². The molecule has 0 radical (unpaired) electrons. The molecule has 1 aromatic rings. The molecule has 0 amide bonds. The number of pyridine rings is 1.